The van der Waals surface area contributed by atoms with Crippen LogP contribution >= 0.6 is 0 Å². The zero-order valence-electron chi connectivity index (χ0n) is 12.5. The summed E-state index contributed by atoms with van der Waals surface area (Å²) in [5, 5.41) is 7.60. The summed E-state index contributed by atoms with van der Waals surface area (Å²) in [6.45, 7) is 5.13. The molecule has 1 aliphatic carbocycles. The number of carbonyl (C=O) groups excluding carboxylic acids is 2. The molecule has 126 valence electrons. The van der Waals surface area contributed by atoms with E-state index >= 15 is 0 Å². The molecule has 0 bridgehead atoms. The maximum Gasteiger partial charge on any atom is 0.317 e. The van der Waals surface area contributed by atoms with Crippen LogP contribution in [0.25, 0.3) is 0 Å². The van der Waals surface area contributed by atoms with Crippen molar-refractivity contribution in [3.05, 3.63) is 23.2 Å². The first-order valence-electron chi connectivity index (χ1n) is 7.24. The molecule has 8 nitrogen and oxygen atoms in total. The van der Waals surface area contributed by atoms with Crippen LogP contribution in [0.3, 0.4) is 0 Å². The van der Waals surface area contributed by atoms with Gasteiger partial charge < -0.3 is 25.5 Å². The van der Waals surface area contributed by atoms with Gasteiger partial charge in [-0.25, -0.2) is 0 Å². The zero-order valence-corrected chi connectivity index (χ0v) is 13.6. The van der Waals surface area contributed by atoms with Gasteiger partial charge in [0.05, 0.1) is 12.2 Å². The van der Waals surface area contributed by atoms with Crippen molar-refractivity contribution in [2.24, 2.45) is 5.73 Å². The van der Waals surface area contributed by atoms with E-state index in [4.69, 9.17) is 5.11 Å². The van der Waals surface area contributed by atoms with Gasteiger partial charge in [0, 0.05) is 62.4 Å². The largest absolute Gasteiger partial charge is 0.480 e. The molecule has 0 aromatic rings. The van der Waals surface area contributed by atoms with Crippen LogP contribution in [0.1, 0.15) is 0 Å². The summed E-state index contributed by atoms with van der Waals surface area (Å²) in [6.07, 6.45) is 1.52. The molecule has 0 atom stereocenters. The number of Topliss-reactive ketones (excluding diaryl/α,β-unsaturated/α-hetero) is 1. The van der Waals surface area contributed by atoms with E-state index in [0.717, 1.165) is 39.3 Å². The summed E-state index contributed by atoms with van der Waals surface area (Å²) in [4.78, 5) is 39.7. The van der Waals surface area contributed by atoms with Gasteiger partial charge in [0.1, 0.15) is 11.4 Å². The fourth-order valence-corrected chi connectivity index (χ4v) is 2.28. The number of aliphatic carboxylic acids is 1. The molecule has 3 fully saturated rings. The number of carboxylic acids is 1. The third-order valence-corrected chi connectivity index (χ3v) is 3.66. The minimum Gasteiger partial charge on any atom is -0.480 e. The van der Waals surface area contributed by atoms with E-state index < -0.39 is 5.97 Å². The van der Waals surface area contributed by atoms with Crippen molar-refractivity contribution < 1.29 is 36.6 Å². The predicted octanol–water partition coefficient (Wildman–Crippen LogP) is -1.79. The summed E-state index contributed by atoms with van der Waals surface area (Å²) < 4.78 is 0. The summed E-state index contributed by atoms with van der Waals surface area (Å²) >= 11 is 0. The second-order valence-corrected chi connectivity index (χ2v) is 5.48. The van der Waals surface area contributed by atoms with E-state index in [-0.39, 0.29) is 35.2 Å². The SMILES string of the molecule is NCC(=O)O.O=C1C=C(N2CC2)C(=O)C(N2CC2)=C1N1CC1.[Fe]. The number of carboxylic acid groups (broad SMARTS) is 1. The first kappa shape index (κ1) is 17.5. The van der Waals surface area contributed by atoms with Gasteiger partial charge in [-0.05, 0) is 0 Å². The molecule has 3 aliphatic heterocycles. The van der Waals surface area contributed by atoms with E-state index in [0.29, 0.717) is 17.1 Å². The van der Waals surface area contributed by atoms with Gasteiger partial charge in [0.15, 0.2) is 0 Å². The summed E-state index contributed by atoms with van der Waals surface area (Å²) in [5.41, 5.74) is 6.46. The fourth-order valence-electron chi connectivity index (χ4n) is 2.28. The molecular formula is C14H18FeN4O4. The van der Waals surface area contributed by atoms with Gasteiger partial charge in [-0.3, -0.25) is 14.4 Å². The van der Waals surface area contributed by atoms with Crippen LogP contribution in [-0.4, -0.2) is 83.2 Å². The van der Waals surface area contributed by atoms with Gasteiger partial charge in [-0.2, -0.15) is 0 Å². The van der Waals surface area contributed by atoms with E-state index in [9.17, 15) is 14.4 Å². The monoisotopic (exact) mass is 362 g/mol. The Morgan fingerprint density at radius 2 is 1.43 bits per heavy atom. The number of nitrogens with two attached hydrogens (primary N) is 1. The summed E-state index contributed by atoms with van der Waals surface area (Å²) in [5.74, 6) is -0.919. The maximum absolute atomic E-state index is 12.4. The van der Waals surface area contributed by atoms with Crippen LogP contribution in [-0.2, 0) is 31.5 Å². The number of allylic oxidation sites excluding steroid dienone is 1. The van der Waals surface area contributed by atoms with Crippen molar-refractivity contribution in [2.75, 3.05) is 45.8 Å². The van der Waals surface area contributed by atoms with Crippen LogP contribution < -0.4 is 5.73 Å². The van der Waals surface area contributed by atoms with Gasteiger partial charge in [0.25, 0.3) is 0 Å². The smallest absolute Gasteiger partial charge is 0.317 e. The molecule has 23 heavy (non-hydrogen) atoms. The van der Waals surface area contributed by atoms with Gasteiger partial charge in [-0.15, -0.1) is 0 Å². The normalized spacial score (nSPS) is 21.3. The van der Waals surface area contributed by atoms with Gasteiger partial charge in [-0.1, -0.05) is 0 Å². The van der Waals surface area contributed by atoms with Crippen molar-refractivity contribution >= 4 is 17.5 Å². The van der Waals surface area contributed by atoms with Crippen molar-refractivity contribution in [3.8, 4) is 0 Å². The maximum atomic E-state index is 12.4. The molecule has 0 radical (unpaired) electrons. The van der Waals surface area contributed by atoms with E-state index in [1.165, 1.54) is 6.08 Å². The number of hydrogen-bond donors (Lipinski definition) is 2. The van der Waals surface area contributed by atoms with Crippen molar-refractivity contribution in [1.29, 1.82) is 0 Å². The minimum absolute atomic E-state index is 0. The average Bonchev–Trinajstić information content (AvgIpc) is 3.34. The van der Waals surface area contributed by atoms with E-state index in [1.807, 2.05) is 14.7 Å². The molecule has 0 unspecified atom stereocenters. The molecule has 4 rings (SSSR count). The number of rotatable bonds is 4. The molecule has 0 saturated carbocycles. The third-order valence-electron chi connectivity index (χ3n) is 3.66. The van der Waals surface area contributed by atoms with Crippen molar-refractivity contribution in [1.82, 2.24) is 14.7 Å². The molecular weight excluding hydrogens is 344 g/mol. The number of nitrogens with zero attached hydrogens (tertiary/aromatic N) is 3. The quantitative estimate of drug-likeness (QED) is 0.343. The van der Waals surface area contributed by atoms with Crippen LogP contribution in [0.15, 0.2) is 23.2 Å². The Labute approximate surface area is 144 Å². The zero-order chi connectivity index (χ0) is 15.9. The van der Waals surface area contributed by atoms with Crippen molar-refractivity contribution in [3.63, 3.8) is 0 Å². The average molecular weight is 362 g/mol. The molecule has 3 saturated heterocycles. The second kappa shape index (κ2) is 6.74. The van der Waals surface area contributed by atoms with E-state index in [1.54, 1.807) is 0 Å². The Morgan fingerprint density at radius 3 is 1.83 bits per heavy atom. The topological polar surface area (TPSA) is 106 Å². The first-order valence-corrected chi connectivity index (χ1v) is 7.24. The molecule has 3 N–H and O–H groups in total. The van der Waals surface area contributed by atoms with Gasteiger partial charge in [0.2, 0.25) is 11.6 Å². The Morgan fingerprint density at radius 1 is 1.00 bits per heavy atom. The molecule has 0 spiro atoms. The molecule has 9 heteroatoms. The number of ketones is 2. The Bertz CT molecular complexity index is 604. The Balaban J connectivity index is 0.000000284. The summed E-state index contributed by atoms with van der Waals surface area (Å²) in [7, 11) is 0. The van der Waals surface area contributed by atoms with Crippen LogP contribution in [0.2, 0.25) is 0 Å². The molecule has 0 amide bonds. The first-order chi connectivity index (χ1) is 10.5. The Hall–Kier alpha value is -1.83. The number of hydrogen-bond acceptors (Lipinski definition) is 7. The standard InChI is InChI=1S/C12H13N3O2.C2H5NO2.Fe/c16-9-7-8(13-1-2-13)12(17)11(15-5-6-15)10(9)14-3-4-14;3-1-2(4)5;/h7H,1-6H2;1,3H2,(H,4,5);. The minimum atomic E-state index is -0.968. The fraction of sp³-hybridized carbons (Fsp3) is 0.500. The van der Waals surface area contributed by atoms with Crippen molar-refractivity contribution in [2.45, 2.75) is 0 Å². The molecule has 0 aromatic carbocycles. The number of carbonyl (C=O) groups is 3. The Kier molecular flexibility index (Phi) is 5.13. The molecule has 4 aliphatic rings. The van der Waals surface area contributed by atoms with E-state index in [2.05, 4.69) is 5.73 Å². The molecule has 0 aromatic heterocycles. The van der Waals surface area contributed by atoms with Crippen LogP contribution in [0, 0.1) is 0 Å². The molecule has 3 heterocycles. The summed E-state index contributed by atoms with van der Waals surface area (Å²) in [6, 6.07) is 0. The predicted molar refractivity (Wildman–Crippen MR) is 76.5 cm³/mol. The van der Waals surface area contributed by atoms with Crippen LogP contribution in [0.5, 0.6) is 0 Å². The second-order valence-electron chi connectivity index (χ2n) is 5.48. The third kappa shape index (κ3) is 3.93. The van der Waals surface area contributed by atoms with Gasteiger partial charge >= 0.3 is 5.97 Å². The van der Waals surface area contributed by atoms with Crippen LogP contribution in [0.4, 0.5) is 0 Å².